The molecular weight excluding hydrogens is 283 g/mol. The highest BCUT2D eigenvalue weighted by Crippen LogP contribution is 2.23. The molecule has 0 atom stereocenters. The van der Waals surface area contributed by atoms with Crippen LogP contribution in [0.4, 0.5) is 15.9 Å². The molecule has 6 nitrogen and oxygen atoms in total. The number of nitrogens with zero attached hydrogens (tertiary/aromatic N) is 5. The van der Waals surface area contributed by atoms with E-state index in [-0.39, 0.29) is 11.5 Å². The van der Waals surface area contributed by atoms with E-state index in [4.69, 9.17) is 5.26 Å². The maximum atomic E-state index is 13.9. The van der Waals surface area contributed by atoms with Crippen molar-refractivity contribution in [2.24, 2.45) is 0 Å². The van der Waals surface area contributed by atoms with Crippen molar-refractivity contribution < 1.29 is 4.39 Å². The maximum Gasteiger partial charge on any atom is 0.183 e. The first-order valence-corrected chi connectivity index (χ1v) is 6.48. The molecule has 3 aromatic rings. The molecule has 1 aromatic carbocycles. The van der Waals surface area contributed by atoms with Gasteiger partial charge in [-0.25, -0.2) is 19.0 Å². The molecule has 0 aliphatic rings. The Kier molecular flexibility index (Phi) is 3.50. The van der Waals surface area contributed by atoms with E-state index in [1.54, 1.807) is 31.3 Å². The smallest absolute Gasteiger partial charge is 0.183 e. The predicted molar refractivity (Wildman–Crippen MR) is 78.3 cm³/mol. The third-order valence-corrected chi connectivity index (χ3v) is 3.15. The zero-order valence-electron chi connectivity index (χ0n) is 11.7. The highest BCUT2D eigenvalue weighted by molar-refractivity contribution is 5.62. The minimum Gasteiger partial charge on any atom is -0.335 e. The third kappa shape index (κ3) is 2.38. The second kappa shape index (κ2) is 5.61. The number of aromatic nitrogens is 4. The lowest BCUT2D eigenvalue weighted by atomic mass is 10.3. The fraction of sp³-hybridized carbons (Fsp3) is 0.0667. The highest BCUT2D eigenvalue weighted by Gasteiger charge is 2.13. The Balaban J connectivity index is 1.98. The van der Waals surface area contributed by atoms with Crippen LogP contribution in [0.3, 0.4) is 0 Å². The number of para-hydroxylation sites is 1. The van der Waals surface area contributed by atoms with Gasteiger partial charge >= 0.3 is 0 Å². The summed E-state index contributed by atoms with van der Waals surface area (Å²) >= 11 is 0. The van der Waals surface area contributed by atoms with Crippen LogP contribution in [0.5, 0.6) is 0 Å². The summed E-state index contributed by atoms with van der Waals surface area (Å²) in [6.07, 6.45) is 4.48. The van der Waals surface area contributed by atoms with Crippen LogP contribution in [0.25, 0.3) is 5.69 Å². The van der Waals surface area contributed by atoms with E-state index in [0.29, 0.717) is 22.9 Å². The molecule has 0 aliphatic carbocycles. The lowest BCUT2D eigenvalue weighted by Crippen LogP contribution is -2.03. The van der Waals surface area contributed by atoms with E-state index in [1.807, 2.05) is 6.07 Å². The summed E-state index contributed by atoms with van der Waals surface area (Å²) < 4.78 is 15.3. The number of rotatable bonds is 3. The van der Waals surface area contributed by atoms with Crippen LogP contribution in [0.15, 0.2) is 42.9 Å². The van der Waals surface area contributed by atoms with Crippen molar-refractivity contribution in [3.8, 4) is 11.8 Å². The first-order chi connectivity index (χ1) is 10.7. The maximum absolute atomic E-state index is 13.9. The minimum atomic E-state index is -0.363. The molecule has 0 fully saturated rings. The summed E-state index contributed by atoms with van der Waals surface area (Å²) in [5, 5.41) is 16.2. The zero-order valence-corrected chi connectivity index (χ0v) is 11.7. The van der Waals surface area contributed by atoms with Crippen LogP contribution >= 0.6 is 0 Å². The lowest BCUT2D eigenvalue weighted by molar-refractivity contribution is 0.608. The molecule has 1 N–H and O–H groups in total. The topological polar surface area (TPSA) is 79.4 Å². The molecule has 0 unspecified atom stereocenters. The quantitative estimate of drug-likeness (QED) is 0.803. The molecule has 7 heteroatoms. The van der Waals surface area contributed by atoms with Gasteiger partial charge in [0.2, 0.25) is 0 Å². The van der Waals surface area contributed by atoms with Gasteiger partial charge in [-0.1, -0.05) is 12.1 Å². The first kappa shape index (κ1) is 13.7. The van der Waals surface area contributed by atoms with Crippen LogP contribution < -0.4 is 5.32 Å². The molecule has 0 radical (unpaired) electrons. The zero-order chi connectivity index (χ0) is 15.5. The lowest BCUT2D eigenvalue weighted by Gasteiger charge is -2.08. The van der Waals surface area contributed by atoms with Crippen molar-refractivity contribution in [3.63, 3.8) is 0 Å². The number of nitriles is 1. The Bertz CT molecular complexity index is 864. The second-order valence-electron chi connectivity index (χ2n) is 4.50. The van der Waals surface area contributed by atoms with Crippen molar-refractivity contribution in [3.05, 3.63) is 60.1 Å². The standard InChI is InChI=1S/C15H11FN6/c1-10-13(21-15-12(8-17)18-6-7-19-15)9-20-22(10)14-5-3-2-4-11(14)16/h2-7,9H,1H3,(H,19,21). The van der Waals surface area contributed by atoms with Gasteiger partial charge in [-0.05, 0) is 19.1 Å². The fourth-order valence-corrected chi connectivity index (χ4v) is 2.04. The second-order valence-corrected chi connectivity index (χ2v) is 4.50. The van der Waals surface area contributed by atoms with Gasteiger partial charge in [0.15, 0.2) is 11.5 Å². The molecule has 22 heavy (non-hydrogen) atoms. The van der Waals surface area contributed by atoms with Gasteiger partial charge in [0.05, 0.1) is 17.6 Å². The Morgan fingerprint density at radius 2 is 2.00 bits per heavy atom. The Morgan fingerprint density at radius 1 is 1.23 bits per heavy atom. The fourth-order valence-electron chi connectivity index (χ4n) is 2.04. The molecule has 0 saturated heterocycles. The van der Waals surface area contributed by atoms with E-state index in [9.17, 15) is 4.39 Å². The summed E-state index contributed by atoms with van der Waals surface area (Å²) in [7, 11) is 0. The summed E-state index contributed by atoms with van der Waals surface area (Å²) in [5.41, 5.74) is 1.85. The van der Waals surface area contributed by atoms with Crippen LogP contribution in [-0.2, 0) is 0 Å². The van der Waals surface area contributed by atoms with Gasteiger partial charge in [-0.15, -0.1) is 0 Å². The summed E-state index contributed by atoms with van der Waals surface area (Å²) in [6, 6.07) is 8.34. The summed E-state index contributed by atoms with van der Waals surface area (Å²) in [4.78, 5) is 8.01. The number of halogens is 1. The Morgan fingerprint density at radius 3 is 2.77 bits per heavy atom. The molecule has 0 spiro atoms. The molecule has 0 saturated carbocycles. The average molecular weight is 294 g/mol. The number of nitrogens with one attached hydrogen (secondary N) is 1. The first-order valence-electron chi connectivity index (χ1n) is 6.48. The van der Waals surface area contributed by atoms with Crippen LogP contribution in [0.1, 0.15) is 11.4 Å². The monoisotopic (exact) mass is 294 g/mol. The van der Waals surface area contributed by atoms with Crippen LogP contribution in [0, 0.1) is 24.1 Å². The molecule has 0 amide bonds. The van der Waals surface area contributed by atoms with Crippen molar-refractivity contribution in [1.29, 1.82) is 5.26 Å². The van der Waals surface area contributed by atoms with Crippen molar-refractivity contribution in [2.75, 3.05) is 5.32 Å². The van der Waals surface area contributed by atoms with Crippen molar-refractivity contribution in [1.82, 2.24) is 19.7 Å². The Hall–Kier alpha value is -3.27. The predicted octanol–water partition coefficient (Wildman–Crippen LogP) is 2.73. The summed E-state index contributed by atoms with van der Waals surface area (Å²) in [5.74, 6) is -0.0290. The minimum absolute atomic E-state index is 0.181. The third-order valence-electron chi connectivity index (χ3n) is 3.15. The van der Waals surface area contributed by atoms with Gasteiger partial charge in [-0.2, -0.15) is 10.4 Å². The molecule has 0 bridgehead atoms. The molecule has 3 rings (SSSR count). The molecule has 108 valence electrons. The average Bonchev–Trinajstić information content (AvgIpc) is 2.89. The van der Waals surface area contributed by atoms with E-state index >= 15 is 0 Å². The van der Waals surface area contributed by atoms with E-state index in [2.05, 4.69) is 20.4 Å². The van der Waals surface area contributed by atoms with E-state index < -0.39 is 0 Å². The normalized spacial score (nSPS) is 10.2. The Labute approximate surface area is 125 Å². The largest absolute Gasteiger partial charge is 0.335 e. The number of hydrogen-bond donors (Lipinski definition) is 1. The SMILES string of the molecule is Cc1c(Nc2nccnc2C#N)cnn1-c1ccccc1F. The van der Waals surface area contributed by atoms with Gasteiger partial charge in [0.1, 0.15) is 17.6 Å². The molecule has 0 aliphatic heterocycles. The molecule has 2 heterocycles. The van der Waals surface area contributed by atoms with E-state index in [1.165, 1.54) is 23.1 Å². The molecule has 2 aromatic heterocycles. The van der Waals surface area contributed by atoms with Crippen LogP contribution in [-0.4, -0.2) is 19.7 Å². The summed E-state index contributed by atoms with van der Waals surface area (Å²) in [6.45, 7) is 1.80. The van der Waals surface area contributed by atoms with Gasteiger partial charge in [-0.3, -0.25) is 0 Å². The number of anilines is 2. The van der Waals surface area contributed by atoms with Gasteiger partial charge in [0, 0.05) is 12.4 Å². The number of benzene rings is 1. The van der Waals surface area contributed by atoms with Gasteiger partial charge < -0.3 is 5.32 Å². The van der Waals surface area contributed by atoms with Crippen molar-refractivity contribution >= 4 is 11.5 Å². The van der Waals surface area contributed by atoms with Gasteiger partial charge in [0.25, 0.3) is 0 Å². The van der Waals surface area contributed by atoms with E-state index in [0.717, 1.165) is 0 Å². The van der Waals surface area contributed by atoms with Crippen molar-refractivity contribution in [2.45, 2.75) is 6.92 Å². The molecular formula is C15H11FN6. The highest BCUT2D eigenvalue weighted by atomic mass is 19.1. The van der Waals surface area contributed by atoms with Crippen LogP contribution in [0.2, 0.25) is 0 Å². The number of hydrogen-bond acceptors (Lipinski definition) is 5.